The van der Waals surface area contributed by atoms with Gasteiger partial charge in [0, 0.05) is 6.54 Å². The molecule has 7 heteroatoms. The molecule has 3 heterocycles. The van der Waals surface area contributed by atoms with Crippen molar-refractivity contribution in [3.8, 4) is 0 Å². The Bertz CT molecular complexity index is 615. The molecule has 3 rings (SSSR count). The van der Waals surface area contributed by atoms with Crippen LogP contribution in [0.5, 0.6) is 0 Å². The molecule has 0 saturated carbocycles. The van der Waals surface area contributed by atoms with Crippen LogP contribution in [0.1, 0.15) is 19.8 Å². The first-order valence-electron chi connectivity index (χ1n) is 6.67. The zero-order valence-electron chi connectivity index (χ0n) is 11.2. The fourth-order valence-electron chi connectivity index (χ4n) is 2.51. The number of aromatic nitrogens is 2. The number of hydrogen-bond donors (Lipinski definition) is 1. The van der Waals surface area contributed by atoms with Gasteiger partial charge in [0.25, 0.3) is 5.91 Å². The Hall–Kier alpha value is -1.73. The maximum atomic E-state index is 12.1. The second-order valence-electron chi connectivity index (χ2n) is 4.59. The minimum atomic E-state index is -0.223. The number of rotatable bonds is 4. The molecule has 1 atom stereocenters. The van der Waals surface area contributed by atoms with E-state index in [4.69, 9.17) is 4.84 Å². The van der Waals surface area contributed by atoms with Crippen LogP contribution in [0.2, 0.25) is 0 Å². The van der Waals surface area contributed by atoms with Gasteiger partial charge in [-0.15, -0.1) is 11.3 Å². The number of nitrogens with zero attached hydrogens (tertiary/aromatic N) is 3. The van der Waals surface area contributed by atoms with Crippen molar-refractivity contribution in [2.45, 2.75) is 25.8 Å². The summed E-state index contributed by atoms with van der Waals surface area (Å²) in [7, 11) is 0. The van der Waals surface area contributed by atoms with E-state index < -0.39 is 0 Å². The fourth-order valence-corrected chi connectivity index (χ4v) is 3.24. The molecule has 1 unspecified atom stereocenters. The van der Waals surface area contributed by atoms with Crippen LogP contribution in [-0.2, 0) is 9.63 Å². The minimum absolute atomic E-state index is 0.105. The van der Waals surface area contributed by atoms with Gasteiger partial charge in [-0.1, -0.05) is 0 Å². The molecule has 1 amide bonds. The van der Waals surface area contributed by atoms with Gasteiger partial charge in [0.2, 0.25) is 0 Å². The Labute approximate surface area is 120 Å². The molecule has 1 N–H and O–H groups in total. The number of thiophene rings is 1. The first kappa shape index (κ1) is 13.3. The second kappa shape index (κ2) is 5.72. The van der Waals surface area contributed by atoms with Gasteiger partial charge in [-0.2, -0.15) is 0 Å². The number of nitrogens with one attached hydrogen (secondary N) is 1. The molecule has 0 spiro atoms. The highest BCUT2D eigenvalue weighted by Crippen LogP contribution is 2.31. The Balaban J connectivity index is 1.88. The van der Waals surface area contributed by atoms with Gasteiger partial charge in [0.1, 0.15) is 23.0 Å². The maximum absolute atomic E-state index is 12.1. The van der Waals surface area contributed by atoms with Crippen LogP contribution in [0.4, 0.5) is 5.82 Å². The molecule has 0 bridgehead atoms. The van der Waals surface area contributed by atoms with E-state index in [1.165, 1.54) is 0 Å². The first-order chi connectivity index (χ1) is 9.81. The third kappa shape index (κ3) is 2.34. The van der Waals surface area contributed by atoms with Gasteiger partial charge in [-0.05, 0) is 31.2 Å². The molecule has 0 aliphatic carbocycles. The highest BCUT2D eigenvalue weighted by Gasteiger charge is 2.32. The summed E-state index contributed by atoms with van der Waals surface area (Å²) in [5.41, 5.74) is 2.49. The van der Waals surface area contributed by atoms with E-state index in [0.29, 0.717) is 6.61 Å². The molecular weight excluding hydrogens is 276 g/mol. The first-order valence-corrected chi connectivity index (χ1v) is 7.55. The van der Waals surface area contributed by atoms with Crippen LogP contribution in [0.3, 0.4) is 0 Å². The molecule has 20 heavy (non-hydrogen) atoms. The summed E-state index contributed by atoms with van der Waals surface area (Å²) in [6.07, 6.45) is 3.35. The fraction of sp³-hybridized carbons (Fsp3) is 0.462. The van der Waals surface area contributed by atoms with Crippen molar-refractivity contribution in [3.05, 3.63) is 17.8 Å². The van der Waals surface area contributed by atoms with Crippen LogP contribution in [0.25, 0.3) is 10.2 Å². The normalized spacial score (nSPS) is 18.6. The Morgan fingerprint density at radius 2 is 2.50 bits per heavy atom. The van der Waals surface area contributed by atoms with Crippen LogP contribution in [0.15, 0.2) is 17.8 Å². The average molecular weight is 292 g/mol. The molecule has 0 aromatic carbocycles. The smallest absolute Gasteiger partial charge is 0.266 e. The Kier molecular flexibility index (Phi) is 3.79. The third-order valence-electron chi connectivity index (χ3n) is 3.39. The van der Waals surface area contributed by atoms with E-state index in [9.17, 15) is 4.79 Å². The van der Waals surface area contributed by atoms with Crippen molar-refractivity contribution >= 4 is 33.3 Å². The lowest BCUT2D eigenvalue weighted by atomic mass is 10.2. The Morgan fingerprint density at radius 1 is 1.60 bits per heavy atom. The molecule has 0 radical (unpaired) electrons. The molecule has 6 nitrogen and oxygen atoms in total. The maximum Gasteiger partial charge on any atom is 0.266 e. The highest BCUT2D eigenvalue weighted by atomic mass is 32.1. The molecule has 1 aliphatic heterocycles. The molecule has 106 valence electrons. The van der Waals surface area contributed by atoms with Crippen LogP contribution in [-0.4, -0.2) is 35.1 Å². The predicted octanol–water partition coefficient (Wildman–Crippen LogP) is 1.73. The second-order valence-corrected chi connectivity index (χ2v) is 5.48. The van der Waals surface area contributed by atoms with Crippen LogP contribution >= 0.6 is 11.3 Å². The van der Waals surface area contributed by atoms with Gasteiger partial charge in [0.15, 0.2) is 0 Å². The number of carbonyl (C=O) groups is 1. The number of anilines is 1. The van der Waals surface area contributed by atoms with Crippen molar-refractivity contribution in [2.24, 2.45) is 0 Å². The molecule has 2 aromatic rings. The summed E-state index contributed by atoms with van der Waals surface area (Å²) in [5, 5.41) is 3.00. The van der Waals surface area contributed by atoms with Gasteiger partial charge in [-0.25, -0.2) is 15.4 Å². The number of hydroxylamine groups is 1. The summed E-state index contributed by atoms with van der Waals surface area (Å²) in [4.78, 5) is 28.8. The lowest BCUT2D eigenvalue weighted by Gasteiger charge is -2.24. The molecule has 1 aliphatic rings. The number of amides is 1. The lowest BCUT2D eigenvalue weighted by Crippen LogP contribution is -2.43. The van der Waals surface area contributed by atoms with Gasteiger partial charge < -0.3 is 4.90 Å². The van der Waals surface area contributed by atoms with Crippen LogP contribution in [0, 0.1) is 0 Å². The van der Waals surface area contributed by atoms with Gasteiger partial charge >= 0.3 is 0 Å². The van der Waals surface area contributed by atoms with Gasteiger partial charge in [-0.3, -0.25) is 9.63 Å². The van der Waals surface area contributed by atoms with E-state index in [2.05, 4.69) is 15.4 Å². The van der Waals surface area contributed by atoms with Crippen molar-refractivity contribution in [1.29, 1.82) is 0 Å². The summed E-state index contributed by atoms with van der Waals surface area (Å²) >= 11 is 1.58. The number of hydrogen-bond acceptors (Lipinski definition) is 6. The SMILES string of the molecule is CCONC(=O)C1CCCN1c1ncnc2sccc12. The third-order valence-corrected chi connectivity index (χ3v) is 4.21. The van der Waals surface area contributed by atoms with E-state index in [-0.39, 0.29) is 11.9 Å². The predicted molar refractivity (Wildman–Crippen MR) is 77.6 cm³/mol. The van der Waals surface area contributed by atoms with E-state index >= 15 is 0 Å². The van der Waals surface area contributed by atoms with Crippen molar-refractivity contribution in [3.63, 3.8) is 0 Å². The van der Waals surface area contributed by atoms with E-state index in [0.717, 1.165) is 35.4 Å². The average Bonchev–Trinajstić information content (AvgIpc) is 3.12. The molecule has 1 fully saturated rings. The van der Waals surface area contributed by atoms with Crippen molar-refractivity contribution in [1.82, 2.24) is 15.4 Å². The summed E-state index contributed by atoms with van der Waals surface area (Å²) in [6, 6.07) is 1.78. The van der Waals surface area contributed by atoms with E-state index in [1.54, 1.807) is 17.7 Å². The largest absolute Gasteiger partial charge is 0.344 e. The Morgan fingerprint density at radius 3 is 3.35 bits per heavy atom. The topological polar surface area (TPSA) is 67.3 Å². The molecule has 1 saturated heterocycles. The zero-order chi connectivity index (χ0) is 13.9. The summed E-state index contributed by atoms with van der Waals surface area (Å²) in [6.45, 7) is 3.12. The van der Waals surface area contributed by atoms with Crippen molar-refractivity contribution in [2.75, 3.05) is 18.1 Å². The zero-order valence-corrected chi connectivity index (χ0v) is 12.0. The van der Waals surface area contributed by atoms with E-state index in [1.807, 2.05) is 23.3 Å². The summed E-state index contributed by atoms with van der Waals surface area (Å²) in [5.74, 6) is 0.733. The van der Waals surface area contributed by atoms with Gasteiger partial charge in [0.05, 0.1) is 12.0 Å². The highest BCUT2D eigenvalue weighted by molar-refractivity contribution is 7.16. The standard InChI is InChI=1S/C13H16N4O2S/c1-2-19-16-12(18)10-4-3-6-17(10)11-9-5-7-20-13(9)15-8-14-11/h5,7-8,10H,2-4,6H2,1H3,(H,16,18). The minimum Gasteiger partial charge on any atom is -0.344 e. The monoisotopic (exact) mass is 292 g/mol. The van der Waals surface area contributed by atoms with Crippen LogP contribution < -0.4 is 10.4 Å². The summed E-state index contributed by atoms with van der Waals surface area (Å²) < 4.78 is 0. The van der Waals surface area contributed by atoms with Crippen molar-refractivity contribution < 1.29 is 9.63 Å². The molecular formula is C13H16N4O2S. The quantitative estimate of drug-likeness (QED) is 0.869. The lowest BCUT2D eigenvalue weighted by molar-refractivity contribution is -0.134. The molecule has 2 aromatic heterocycles. The number of fused-ring (bicyclic) bond motifs is 1. The number of carbonyl (C=O) groups excluding carboxylic acids is 1.